The summed E-state index contributed by atoms with van der Waals surface area (Å²) in [6.45, 7) is 0. The molecule has 0 aliphatic rings. The maximum absolute atomic E-state index is 9.38. The molecule has 0 bridgehead atoms. The molecule has 160 valence electrons. The largest absolute Gasteiger partial charge is 4.00 e. The van der Waals surface area contributed by atoms with Crippen LogP contribution in [-0.4, -0.2) is 68.2 Å². The number of hydrogen-bond donors (Lipinski definition) is 4. The van der Waals surface area contributed by atoms with E-state index in [1.165, 1.54) is 0 Å². The molecule has 4 N–H and O–H groups in total. The molecule has 0 aliphatic carbocycles. The fourth-order valence-electron chi connectivity index (χ4n) is 0.143. The summed E-state index contributed by atoms with van der Waals surface area (Å²) in [4.78, 5) is 84.6. The molecule has 0 fully saturated rings. The third-order valence-corrected chi connectivity index (χ3v) is 1.00. The van der Waals surface area contributed by atoms with Gasteiger partial charge in [0.2, 0.25) is 0 Å². The molecular formula is C8H4O20Th. The van der Waals surface area contributed by atoms with E-state index in [9.17, 15) is 38.4 Å². The molecule has 0 atom stereocenters. The van der Waals surface area contributed by atoms with Crippen LogP contribution < -0.4 is 21.0 Å². The van der Waals surface area contributed by atoms with Crippen molar-refractivity contribution in [3.8, 4) is 0 Å². The van der Waals surface area contributed by atoms with Crippen molar-refractivity contribution in [2.24, 2.45) is 0 Å². The Morgan fingerprint density at radius 1 is 0.414 bits per heavy atom. The Morgan fingerprint density at radius 3 is 0.517 bits per heavy atom. The minimum absolute atomic E-state index is 0. The van der Waals surface area contributed by atoms with Gasteiger partial charge in [0.15, 0.2) is 0 Å². The molecule has 0 aromatic rings. The SMILES string of the molecule is O=C(O)C(=O)O[O-].O=C(O)C(=O)O[O-].O=C(O)C(=O)O[O-].O=C(O)C(=O)O[O-].[Th+4]. The molecule has 0 heterocycles. The summed E-state index contributed by atoms with van der Waals surface area (Å²) in [6.07, 6.45) is 0. The predicted molar refractivity (Wildman–Crippen MR) is 54.9 cm³/mol. The molecule has 0 aromatic heterocycles. The van der Waals surface area contributed by atoms with Crippen molar-refractivity contribution in [2.75, 3.05) is 0 Å². The zero-order valence-electron chi connectivity index (χ0n) is 12.8. The molecular weight excluding hydrogens is 648 g/mol. The Hall–Kier alpha value is -3.08. The van der Waals surface area contributed by atoms with Gasteiger partial charge >= 0.3 is 87.7 Å². The molecule has 0 rings (SSSR count). The van der Waals surface area contributed by atoms with Crippen LogP contribution in [-0.2, 0) is 57.9 Å². The van der Waals surface area contributed by atoms with Crippen molar-refractivity contribution in [2.45, 2.75) is 0 Å². The van der Waals surface area contributed by atoms with E-state index in [1.54, 1.807) is 0 Å². The first-order valence-electron chi connectivity index (χ1n) is 5.01. The summed E-state index contributed by atoms with van der Waals surface area (Å²) >= 11 is 0. The van der Waals surface area contributed by atoms with Crippen LogP contribution in [0, 0.1) is 39.9 Å². The standard InChI is InChI=1S/4C2H2O5.Th/c4*3-1(4)2(5)7-6;/h4*6H,(H,3,4);/q;;;;+4/p-4. The zero-order chi connectivity index (χ0) is 23.4. The normalized spacial score (nSPS) is 7.31. The van der Waals surface area contributed by atoms with Crippen molar-refractivity contribution in [3.05, 3.63) is 0 Å². The van der Waals surface area contributed by atoms with E-state index in [2.05, 4.69) is 19.6 Å². The van der Waals surface area contributed by atoms with E-state index >= 15 is 0 Å². The fourth-order valence-corrected chi connectivity index (χ4v) is 0.143. The summed E-state index contributed by atoms with van der Waals surface area (Å²) in [7, 11) is 0. The topological polar surface area (TPSA) is 347 Å². The predicted octanol–water partition coefficient (Wildman–Crippen LogP) is -8.44. The van der Waals surface area contributed by atoms with Crippen molar-refractivity contribution >= 4 is 47.8 Å². The molecule has 0 aliphatic heterocycles. The monoisotopic (exact) mass is 652 g/mol. The van der Waals surface area contributed by atoms with Gasteiger partial charge in [0.25, 0.3) is 0 Å². The van der Waals surface area contributed by atoms with Gasteiger partial charge in [-0.1, -0.05) is 0 Å². The fraction of sp³-hybridized carbons (Fsp3) is 0. The Labute approximate surface area is 186 Å². The molecule has 21 heteroatoms. The average Bonchev–Trinajstić information content (AvgIpc) is 2.66. The number of carboxylic acids is 4. The van der Waals surface area contributed by atoms with Gasteiger partial charge in [0.1, 0.15) is 0 Å². The van der Waals surface area contributed by atoms with Crippen molar-refractivity contribution in [3.63, 3.8) is 0 Å². The second kappa shape index (κ2) is 23.0. The quantitative estimate of drug-likeness (QED) is 0.107. The Kier molecular flexibility index (Phi) is 29.1. The van der Waals surface area contributed by atoms with Gasteiger partial charge in [-0.3, -0.25) is 0 Å². The number of carboxylic acid groups (broad SMARTS) is 4. The Bertz CT molecular complexity index is 487. The van der Waals surface area contributed by atoms with E-state index in [4.69, 9.17) is 41.5 Å². The van der Waals surface area contributed by atoms with Crippen molar-refractivity contribution in [1.82, 2.24) is 0 Å². The summed E-state index contributed by atoms with van der Waals surface area (Å²) in [6, 6.07) is 0. The van der Waals surface area contributed by atoms with Gasteiger partial charge in [-0.2, -0.15) is 0 Å². The third-order valence-electron chi connectivity index (χ3n) is 1.00. The minimum Gasteiger partial charge on any atom is -0.661 e. The van der Waals surface area contributed by atoms with Crippen LogP contribution >= 0.6 is 0 Å². The van der Waals surface area contributed by atoms with Crippen LogP contribution in [0.15, 0.2) is 0 Å². The molecule has 20 nitrogen and oxygen atoms in total. The first-order valence-corrected chi connectivity index (χ1v) is 5.01. The molecule has 0 radical (unpaired) electrons. The van der Waals surface area contributed by atoms with Crippen LogP contribution in [0.2, 0.25) is 0 Å². The van der Waals surface area contributed by atoms with Crippen LogP contribution in [0.4, 0.5) is 0 Å². The molecule has 0 amide bonds. The second-order valence-corrected chi connectivity index (χ2v) is 2.70. The van der Waals surface area contributed by atoms with Gasteiger partial charge in [-0.25, -0.2) is 38.4 Å². The Morgan fingerprint density at radius 2 is 0.517 bits per heavy atom. The molecule has 0 unspecified atom stereocenters. The number of rotatable bonds is 0. The van der Waals surface area contributed by atoms with E-state index < -0.39 is 47.8 Å². The first kappa shape index (κ1) is 36.8. The second-order valence-electron chi connectivity index (χ2n) is 2.70. The zero-order valence-corrected chi connectivity index (χ0v) is 16.9. The van der Waals surface area contributed by atoms with Gasteiger partial charge in [-0.05, 0) is 0 Å². The third kappa shape index (κ3) is 29.9. The van der Waals surface area contributed by atoms with Crippen LogP contribution in [0.25, 0.3) is 0 Å². The molecule has 29 heavy (non-hydrogen) atoms. The molecule has 0 aromatic carbocycles. The van der Waals surface area contributed by atoms with Gasteiger partial charge < -0.3 is 61.0 Å². The molecule has 0 spiro atoms. The summed E-state index contributed by atoms with van der Waals surface area (Å²) in [5.74, 6) is -14.7. The average molecular weight is 652 g/mol. The maximum atomic E-state index is 9.38. The number of carbonyl (C=O) groups excluding carboxylic acids is 4. The number of hydrogen-bond acceptors (Lipinski definition) is 16. The van der Waals surface area contributed by atoms with Gasteiger partial charge in [0, 0.05) is 0 Å². The van der Waals surface area contributed by atoms with E-state index in [1.807, 2.05) is 0 Å². The molecule has 0 saturated carbocycles. The van der Waals surface area contributed by atoms with Crippen LogP contribution in [0.3, 0.4) is 0 Å². The van der Waals surface area contributed by atoms with E-state index in [-0.39, 0.29) is 39.9 Å². The first-order chi connectivity index (χ1) is 12.7. The summed E-state index contributed by atoms with van der Waals surface area (Å²) in [5, 5.41) is 65.4. The number of aliphatic carboxylic acids is 4. The van der Waals surface area contributed by atoms with E-state index in [0.29, 0.717) is 0 Å². The summed E-state index contributed by atoms with van der Waals surface area (Å²) in [5.41, 5.74) is 0. The minimum atomic E-state index is -1.88. The van der Waals surface area contributed by atoms with Gasteiger partial charge in [0.05, 0.1) is 0 Å². The number of carbonyl (C=O) groups is 8. The van der Waals surface area contributed by atoms with Crippen molar-refractivity contribution in [1.29, 1.82) is 0 Å². The summed E-state index contributed by atoms with van der Waals surface area (Å²) < 4.78 is 0. The van der Waals surface area contributed by atoms with Crippen molar-refractivity contribution < 1.29 is 139 Å². The van der Waals surface area contributed by atoms with Crippen LogP contribution in [0.1, 0.15) is 0 Å². The van der Waals surface area contributed by atoms with Crippen LogP contribution in [0.5, 0.6) is 0 Å². The van der Waals surface area contributed by atoms with E-state index in [0.717, 1.165) is 0 Å². The molecule has 0 saturated heterocycles. The van der Waals surface area contributed by atoms with Gasteiger partial charge in [-0.15, -0.1) is 0 Å². The Balaban J connectivity index is -0.0000000873. The maximum Gasteiger partial charge on any atom is 4.00 e. The smallest absolute Gasteiger partial charge is 0.661 e.